The third kappa shape index (κ3) is 3.93. The van der Waals surface area contributed by atoms with Gasteiger partial charge in [-0.1, -0.05) is 25.5 Å². The second kappa shape index (κ2) is 8.47. The number of benzene rings is 1. The second-order valence-electron chi connectivity index (χ2n) is 7.75. The van der Waals surface area contributed by atoms with E-state index in [0.717, 1.165) is 51.4 Å². The van der Waals surface area contributed by atoms with Crippen LogP contribution in [0.4, 0.5) is 8.78 Å². The summed E-state index contributed by atoms with van der Waals surface area (Å²) in [7, 11) is 0. The number of halogens is 2. The van der Waals surface area contributed by atoms with Crippen molar-refractivity contribution >= 4 is 5.97 Å². The summed E-state index contributed by atoms with van der Waals surface area (Å²) in [4.78, 5) is 12.1. The van der Waals surface area contributed by atoms with Crippen molar-refractivity contribution < 1.29 is 23.4 Å². The van der Waals surface area contributed by atoms with Gasteiger partial charge in [0.2, 0.25) is 0 Å². The van der Waals surface area contributed by atoms with E-state index >= 15 is 0 Å². The van der Waals surface area contributed by atoms with Crippen LogP contribution < -0.4 is 0 Å². The number of rotatable bonds is 5. The van der Waals surface area contributed by atoms with E-state index in [1.807, 2.05) is 0 Å². The minimum Gasteiger partial charge on any atom is -0.462 e. The molecular formula is C21H28F2O3. The monoisotopic (exact) mass is 366 g/mol. The first kappa shape index (κ1) is 19.3. The van der Waals surface area contributed by atoms with Gasteiger partial charge in [0.25, 0.3) is 0 Å². The van der Waals surface area contributed by atoms with E-state index in [0.29, 0.717) is 11.5 Å². The summed E-state index contributed by atoms with van der Waals surface area (Å²) in [5.41, 5.74) is 0.400. The number of hydrogen-bond acceptors (Lipinski definition) is 3. The number of esters is 1. The van der Waals surface area contributed by atoms with Gasteiger partial charge in [-0.3, -0.25) is 4.79 Å². The molecule has 26 heavy (non-hydrogen) atoms. The van der Waals surface area contributed by atoms with Crippen LogP contribution in [-0.2, 0) is 16.1 Å². The minimum atomic E-state index is -0.935. The lowest BCUT2D eigenvalue weighted by Gasteiger charge is -2.37. The third-order valence-electron chi connectivity index (χ3n) is 6.14. The van der Waals surface area contributed by atoms with Gasteiger partial charge < -0.3 is 9.84 Å². The summed E-state index contributed by atoms with van der Waals surface area (Å²) in [5, 5.41) is 9.05. The number of hydrogen-bond donors (Lipinski definition) is 1. The zero-order chi connectivity index (χ0) is 18.7. The number of ether oxygens (including phenoxy) is 1. The Balaban J connectivity index is 1.58. The lowest BCUT2D eigenvalue weighted by molar-refractivity contribution is -0.165. The van der Waals surface area contributed by atoms with Gasteiger partial charge in [0.1, 0.15) is 6.10 Å². The number of carbonyl (C=O) groups excluding carboxylic acids is 1. The van der Waals surface area contributed by atoms with Crippen LogP contribution in [0.15, 0.2) is 12.1 Å². The van der Waals surface area contributed by atoms with Gasteiger partial charge >= 0.3 is 5.97 Å². The average molecular weight is 366 g/mol. The molecule has 1 N–H and O–H groups in total. The normalized spacial score (nSPS) is 29.5. The highest BCUT2D eigenvalue weighted by atomic mass is 19.2. The average Bonchev–Trinajstić information content (AvgIpc) is 2.66. The van der Waals surface area contributed by atoms with E-state index < -0.39 is 18.2 Å². The summed E-state index contributed by atoms with van der Waals surface area (Å²) in [6.07, 6.45) is 6.96. The molecule has 3 nitrogen and oxygen atoms in total. The summed E-state index contributed by atoms with van der Waals surface area (Å²) in [6.45, 7) is 1.58. The number of cyclic esters (lactones) is 1. The Bertz CT molecular complexity index is 638. The Morgan fingerprint density at radius 2 is 1.81 bits per heavy atom. The molecule has 0 amide bonds. The van der Waals surface area contributed by atoms with Crippen LogP contribution in [-0.4, -0.2) is 17.2 Å². The Morgan fingerprint density at radius 1 is 1.08 bits per heavy atom. The molecule has 5 heteroatoms. The SMILES string of the molecule is CCCC1CCC(C2CCC(c3ccc(CO)c(F)c3F)CC2)OC1=O. The molecule has 144 valence electrons. The van der Waals surface area contributed by atoms with Crippen LogP contribution in [0.5, 0.6) is 0 Å². The fourth-order valence-electron chi connectivity index (χ4n) is 4.57. The first-order valence-electron chi connectivity index (χ1n) is 9.83. The predicted molar refractivity (Wildman–Crippen MR) is 94.5 cm³/mol. The molecule has 1 saturated heterocycles. The highest BCUT2D eigenvalue weighted by Gasteiger charge is 2.36. The fraction of sp³-hybridized carbons (Fsp3) is 0.667. The zero-order valence-electron chi connectivity index (χ0n) is 15.3. The number of carbonyl (C=O) groups is 1. The van der Waals surface area contributed by atoms with Gasteiger partial charge in [0.15, 0.2) is 11.6 Å². The maximum absolute atomic E-state index is 14.3. The molecule has 2 aliphatic rings. The molecule has 3 rings (SSSR count). The summed E-state index contributed by atoms with van der Waals surface area (Å²) >= 11 is 0. The Hall–Kier alpha value is -1.49. The number of aliphatic hydroxyl groups excluding tert-OH is 1. The Morgan fingerprint density at radius 3 is 2.42 bits per heavy atom. The predicted octanol–water partition coefficient (Wildman–Crippen LogP) is 4.85. The molecule has 0 spiro atoms. The molecular weight excluding hydrogens is 338 g/mol. The summed E-state index contributed by atoms with van der Waals surface area (Å²) < 4.78 is 33.9. The van der Waals surface area contributed by atoms with E-state index in [-0.39, 0.29) is 29.5 Å². The van der Waals surface area contributed by atoms with Gasteiger partial charge in [-0.15, -0.1) is 0 Å². The summed E-state index contributed by atoms with van der Waals surface area (Å²) in [6, 6.07) is 3.07. The van der Waals surface area contributed by atoms with Crippen LogP contribution in [0.2, 0.25) is 0 Å². The molecule has 0 aromatic heterocycles. The minimum absolute atomic E-state index is 0.00399. The standard InChI is InChI=1S/C21H28F2O3/c1-2-3-15-9-11-18(26-21(15)25)14-6-4-13(5-7-14)17-10-8-16(12-24)19(22)20(17)23/h8,10,13-15,18,24H,2-7,9,11-12H2,1H3. The van der Waals surface area contributed by atoms with Crippen molar-refractivity contribution in [3.05, 3.63) is 34.9 Å². The van der Waals surface area contributed by atoms with E-state index in [4.69, 9.17) is 9.84 Å². The molecule has 1 heterocycles. The van der Waals surface area contributed by atoms with Crippen molar-refractivity contribution in [2.24, 2.45) is 11.8 Å². The molecule has 1 aliphatic carbocycles. The zero-order valence-corrected chi connectivity index (χ0v) is 15.3. The van der Waals surface area contributed by atoms with Gasteiger partial charge in [0.05, 0.1) is 12.5 Å². The lowest BCUT2D eigenvalue weighted by atomic mass is 9.74. The first-order valence-corrected chi connectivity index (χ1v) is 9.83. The van der Waals surface area contributed by atoms with Crippen LogP contribution in [0.25, 0.3) is 0 Å². The van der Waals surface area contributed by atoms with E-state index in [1.54, 1.807) is 6.07 Å². The van der Waals surface area contributed by atoms with E-state index in [1.165, 1.54) is 6.07 Å². The molecule has 2 unspecified atom stereocenters. The Kier molecular flexibility index (Phi) is 6.28. The quantitative estimate of drug-likeness (QED) is 0.758. The molecule has 2 atom stereocenters. The van der Waals surface area contributed by atoms with Crippen molar-refractivity contribution in [1.29, 1.82) is 0 Å². The first-order chi connectivity index (χ1) is 12.5. The summed E-state index contributed by atoms with van der Waals surface area (Å²) in [5.74, 6) is -1.46. The molecule has 1 aromatic rings. The fourth-order valence-corrected chi connectivity index (χ4v) is 4.57. The van der Waals surface area contributed by atoms with Crippen molar-refractivity contribution in [1.82, 2.24) is 0 Å². The van der Waals surface area contributed by atoms with E-state index in [9.17, 15) is 13.6 Å². The maximum atomic E-state index is 14.3. The Labute approximate surface area is 153 Å². The van der Waals surface area contributed by atoms with Crippen molar-refractivity contribution in [3.8, 4) is 0 Å². The molecule has 2 fully saturated rings. The highest BCUT2D eigenvalue weighted by Crippen LogP contribution is 2.41. The van der Waals surface area contributed by atoms with Crippen molar-refractivity contribution in [2.45, 2.75) is 76.9 Å². The van der Waals surface area contributed by atoms with Gasteiger partial charge in [0, 0.05) is 5.56 Å². The lowest BCUT2D eigenvalue weighted by Crippen LogP contribution is -2.37. The highest BCUT2D eigenvalue weighted by molar-refractivity contribution is 5.73. The van der Waals surface area contributed by atoms with Crippen LogP contribution in [0, 0.1) is 23.5 Å². The smallest absolute Gasteiger partial charge is 0.309 e. The topological polar surface area (TPSA) is 46.5 Å². The molecule has 1 aromatic carbocycles. The van der Waals surface area contributed by atoms with Gasteiger partial charge in [-0.25, -0.2) is 8.78 Å². The van der Waals surface area contributed by atoms with Crippen molar-refractivity contribution in [2.75, 3.05) is 0 Å². The van der Waals surface area contributed by atoms with Crippen LogP contribution in [0.3, 0.4) is 0 Å². The third-order valence-corrected chi connectivity index (χ3v) is 6.14. The second-order valence-corrected chi connectivity index (χ2v) is 7.75. The molecule has 1 aliphatic heterocycles. The molecule has 0 bridgehead atoms. The number of aliphatic hydroxyl groups is 1. The maximum Gasteiger partial charge on any atom is 0.309 e. The van der Waals surface area contributed by atoms with Gasteiger partial charge in [-0.05, 0) is 62.3 Å². The van der Waals surface area contributed by atoms with Gasteiger partial charge in [-0.2, -0.15) is 0 Å². The van der Waals surface area contributed by atoms with E-state index in [2.05, 4.69) is 6.92 Å². The van der Waals surface area contributed by atoms with Crippen LogP contribution in [0.1, 0.15) is 75.3 Å². The molecule has 0 radical (unpaired) electrons. The molecule has 1 saturated carbocycles. The largest absolute Gasteiger partial charge is 0.462 e. The van der Waals surface area contributed by atoms with Crippen molar-refractivity contribution in [3.63, 3.8) is 0 Å². The van der Waals surface area contributed by atoms with Crippen LogP contribution >= 0.6 is 0 Å².